The predicted molar refractivity (Wildman–Crippen MR) is 94.7 cm³/mol. The van der Waals surface area contributed by atoms with Gasteiger partial charge in [0, 0.05) is 23.9 Å². The first kappa shape index (κ1) is 16.7. The first-order chi connectivity index (χ1) is 11.7. The molecule has 0 aromatic heterocycles. The van der Waals surface area contributed by atoms with E-state index in [4.69, 9.17) is 0 Å². The van der Waals surface area contributed by atoms with Gasteiger partial charge in [0.2, 0.25) is 11.8 Å². The van der Waals surface area contributed by atoms with Crippen LogP contribution in [0.3, 0.4) is 0 Å². The summed E-state index contributed by atoms with van der Waals surface area (Å²) < 4.78 is 0. The third-order valence-electron chi connectivity index (χ3n) is 5.04. The van der Waals surface area contributed by atoms with Crippen LogP contribution in [0.2, 0.25) is 0 Å². The van der Waals surface area contributed by atoms with Crippen LogP contribution in [0.25, 0.3) is 0 Å². The summed E-state index contributed by atoms with van der Waals surface area (Å²) in [5, 5.41) is 7.25. The second-order valence-electron chi connectivity index (χ2n) is 6.74. The van der Waals surface area contributed by atoms with E-state index in [0.717, 1.165) is 49.1 Å². The molecule has 1 aromatic rings. The van der Waals surface area contributed by atoms with Gasteiger partial charge < -0.3 is 5.32 Å². The molecule has 5 nitrogen and oxygen atoms in total. The Morgan fingerprint density at radius 3 is 2.58 bits per heavy atom. The number of hydrogen-bond donors (Lipinski definition) is 2. The number of nitrogens with zero attached hydrogens (tertiary/aromatic N) is 1. The predicted octanol–water partition coefficient (Wildman–Crippen LogP) is 3.46. The lowest BCUT2D eigenvalue weighted by atomic mass is 9.88. The standard InChI is InChI=1S/C19H25N3O2/c1-2-13-12-17(23)21-22-18(13)14-8-10-16(11-9-14)20-19(24)15-6-4-3-5-7-15/h8-11,13,15H,2-7,12H2,1H3,(H,20,24)(H,21,23). The molecule has 0 bridgehead atoms. The average molecular weight is 327 g/mol. The fourth-order valence-electron chi connectivity index (χ4n) is 3.55. The molecule has 5 heteroatoms. The molecule has 1 atom stereocenters. The van der Waals surface area contributed by atoms with E-state index in [1.54, 1.807) is 0 Å². The van der Waals surface area contributed by atoms with Gasteiger partial charge in [-0.25, -0.2) is 5.43 Å². The number of hydrazone groups is 1. The monoisotopic (exact) mass is 327 g/mol. The SMILES string of the molecule is CCC1CC(=O)NN=C1c1ccc(NC(=O)C2CCCCC2)cc1. The third-order valence-corrected chi connectivity index (χ3v) is 5.04. The van der Waals surface area contributed by atoms with Crippen LogP contribution in [-0.4, -0.2) is 17.5 Å². The number of hydrogen-bond acceptors (Lipinski definition) is 3. The highest BCUT2D eigenvalue weighted by Gasteiger charge is 2.24. The van der Waals surface area contributed by atoms with Gasteiger partial charge in [0.1, 0.15) is 0 Å². The maximum atomic E-state index is 12.3. The molecule has 1 aliphatic carbocycles. The Bertz CT molecular complexity index is 631. The summed E-state index contributed by atoms with van der Waals surface area (Å²) in [6, 6.07) is 7.77. The Balaban J connectivity index is 1.66. The topological polar surface area (TPSA) is 70.6 Å². The van der Waals surface area contributed by atoms with Gasteiger partial charge in [-0.05, 0) is 37.0 Å². The van der Waals surface area contributed by atoms with Gasteiger partial charge in [-0.2, -0.15) is 5.10 Å². The van der Waals surface area contributed by atoms with Crippen LogP contribution >= 0.6 is 0 Å². The Morgan fingerprint density at radius 1 is 1.21 bits per heavy atom. The largest absolute Gasteiger partial charge is 0.326 e. The van der Waals surface area contributed by atoms with Gasteiger partial charge >= 0.3 is 0 Å². The normalized spacial score (nSPS) is 21.8. The number of carbonyl (C=O) groups excluding carboxylic acids is 2. The van der Waals surface area contributed by atoms with Crippen LogP contribution in [0, 0.1) is 11.8 Å². The van der Waals surface area contributed by atoms with Gasteiger partial charge in [0.15, 0.2) is 0 Å². The number of carbonyl (C=O) groups is 2. The van der Waals surface area contributed by atoms with E-state index in [1.807, 2.05) is 24.3 Å². The summed E-state index contributed by atoms with van der Waals surface area (Å²) in [5.74, 6) is 0.417. The lowest BCUT2D eigenvalue weighted by Gasteiger charge is -2.22. The molecule has 2 amide bonds. The summed E-state index contributed by atoms with van der Waals surface area (Å²) >= 11 is 0. The summed E-state index contributed by atoms with van der Waals surface area (Å²) in [7, 11) is 0. The Hall–Kier alpha value is -2.17. The van der Waals surface area contributed by atoms with Crippen LogP contribution in [0.1, 0.15) is 57.4 Å². The minimum Gasteiger partial charge on any atom is -0.326 e. The van der Waals surface area contributed by atoms with Gasteiger partial charge in [-0.1, -0.05) is 38.3 Å². The van der Waals surface area contributed by atoms with E-state index in [2.05, 4.69) is 22.8 Å². The second kappa shape index (κ2) is 7.60. The molecular weight excluding hydrogens is 302 g/mol. The van der Waals surface area contributed by atoms with Gasteiger partial charge in [0.05, 0.1) is 5.71 Å². The molecule has 0 saturated heterocycles. The van der Waals surface area contributed by atoms with Crippen molar-refractivity contribution in [2.75, 3.05) is 5.32 Å². The maximum absolute atomic E-state index is 12.3. The smallest absolute Gasteiger partial charge is 0.240 e. The molecule has 2 aliphatic rings. The number of nitrogens with one attached hydrogen (secondary N) is 2. The minimum atomic E-state index is -0.0260. The highest BCUT2D eigenvalue weighted by molar-refractivity contribution is 6.06. The molecule has 1 aromatic carbocycles. The van der Waals surface area contributed by atoms with Gasteiger partial charge in [-0.15, -0.1) is 0 Å². The highest BCUT2D eigenvalue weighted by atomic mass is 16.2. The van der Waals surface area contributed by atoms with Crippen molar-refractivity contribution < 1.29 is 9.59 Å². The zero-order chi connectivity index (χ0) is 16.9. The van der Waals surface area contributed by atoms with Crippen molar-refractivity contribution >= 4 is 23.2 Å². The summed E-state index contributed by atoms with van der Waals surface area (Å²) in [6.45, 7) is 2.07. The molecule has 1 unspecified atom stereocenters. The van der Waals surface area contributed by atoms with E-state index in [0.29, 0.717) is 6.42 Å². The van der Waals surface area contributed by atoms with Crippen molar-refractivity contribution in [2.24, 2.45) is 16.9 Å². The van der Waals surface area contributed by atoms with Crippen LogP contribution in [0.4, 0.5) is 5.69 Å². The van der Waals surface area contributed by atoms with Crippen molar-refractivity contribution in [3.8, 4) is 0 Å². The Morgan fingerprint density at radius 2 is 1.92 bits per heavy atom. The fourth-order valence-corrected chi connectivity index (χ4v) is 3.55. The highest BCUT2D eigenvalue weighted by Crippen LogP contribution is 2.25. The van der Waals surface area contributed by atoms with Gasteiger partial charge in [-0.3, -0.25) is 9.59 Å². The van der Waals surface area contributed by atoms with Crippen LogP contribution in [-0.2, 0) is 9.59 Å². The van der Waals surface area contributed by atoms with Crippen molar-refractivity contribution in [1.82, 2.24) is 5.43 Å². The second-order valence-corrected chi connectivity index (χ2v) is 6.74. The molecule has 128 valence electrons. The summed E-state index contributed by atoms with van der Waals surface area (Å²) in [5.41, 5.74) is 5.30. The molecular formula is C19H25N3O2. The number of benzene rings is 1. The van der Waals surface area contributed by atoms with Crippen molar-refractivity contribution in [1.29, 1.82) is 0 Å². The lowest BCUT2D eigenvalue weighted by Crippen LogP contribution is -2.33. The van der Waals surface area contributed by atoms with E-state index in [9.17, 15) is 9.59 Å². The van der Waals surface area contributed by atoms with Crippen LogP contribution < -0.4 is 10.7 Å². The molecule has 2 N–H and O–H groups in total. The average Bonchev–Trinajstić information content (AvgIpc) is 2.63. The molecule has 1 saturated carbocycles. The number of rotatable bonds is 4. The van der Waals surface area contributed by atoms with E-state index >= 15 is 0 Å². The Kier molecular flexibility index (Phi) is 5.28. The molecule has 24 heavy (non-hydrogen) atoms. The summed E-state index contributed by atoms with van der Waals surface area (Å²) in [4.78, 5) is 23.8. The van der Waals surface area contributed by atoms with Gasteiger partial charge in [0.25, 0.3) is 0 Å². The molecule has 0 spiro atoms. The number of anilines is 1. The van der Waals surface area contributed by atoms with Crippen LogP contribution in [0.5, 0.6) is 0 Å². The van der Waals surface area contributed by atoms with E-state index in [1.165, 1.54) is 6.42 Å². The number of amides is 2. The zero-order valence-electron chi connectivity index (χ0n) is 14.2. The molecule has 1 heterocycles. The molecule has 1 aliphatic heterocycles. The molecule has 1 fully saturated rings. The van der Waals surface area contributed by atoms with Crippen molar-refractivity contribution in [3.63, 3.8) is 0 Å². The Labute approximate surface area is 142 Å². The fraction of sp³-hybridized carbons (Fsp3) is 0.526. The van der Waals surface area contributed by atoms with E-state index in [-0.39, 0.29) is 23.7 Å². The minimum absolute atomic E-state index is 0.0260. The van der Waals surface area contributed by atoms with Crippen molar-refractivity contribution in [3.05, 3.63) is 29.8 Å². The van der Waals surface area contributed by atoms with Crippen LogP contribution in [0.15, 0.2) is 29.4 Å². The molecule has 3 rings (SSSR count). The van der Waals surface area contributed by atoms with Crippen molar-refractivity contribution in [2.45, 2.75) is 51.9 Å². The molecule has 0 radical (unpaired) electrons. The van der Waals surface area contributed by atoms with E-state index < -0.39 is 0 Å². The summed E-state index contributed by atoms with van der Waals surface area (Å²) in [6.07, 6.45) is 6.91. The first-order valence-electron chi connectivity index (χ1n) is 8.95. The quantitative estimate of drug-likeness (QED) is 0.889. The lowest BCUT2D eigenvalue weighted by molar-refractivity contribution is -0.122. The first-order valence-corrected chi connectivity index (χ1v) is 8.95. The maximum Gasteiger partial charge on any atom is 0.240 e. The third kappa shape index (κ3) is 3.83. The zero-order valence-corrected chi connectivity index (χ0v) is 14.2.